The zero-order valence-corrected chi connectivity index (χ0v) is 12.4. The Balaban J connectivity index is 2.35. The predicted octanol–water partition coefficient (Wildman–Crippen LogP) is 3.82. The highest BCUT2D eigenvalue weighted by atomic mass is 19.1. The molecule has 0 radical (unpaired) electrons. The van der Waals surface area contributed by atoms with Gasteiger partial charge in [-0.1, -0.05) is 19.9 Å². The maximum atomic E-state index is 13.9. The molecule has 0 aliphatic heterocycles. The molecule has 21 heavy (non-hydrogen) atoms. The zero-order valence-electron chi connectivity index (χ0n) is 12.4. The van der Waals surface area contributed by atoms with Crippen LogP contribution in [0.3, 0.4) is 0 Å². The molecule has 1 N–H and O–H groups in total. The van der Waals surface area contributed by atoms with E-state index in [0.717, 1.165) is 24.1 Å². The molecule has 0 amide bonds. The Kier molecular flexibility index (Phi) is 5.39. The van der Waals surface area contributed by atoms with Gasteiger partial charge in [0.05, 0.1) is 0 Å². The van der Waals surface area contributed by atoms with Crippen LogP contribution in [0.4, 0.5) is 8.78 Å². The maximum Gasteiger partial charge on any atom is 0.129 e. The topological polar surface area (TPSA) is 24.9 Å². The second kappa shape index (κ2) is 7.27. The lowest BCUT2D eigenvalue weighted by atomic mass is 9.94. The molecular weight excluding hydrogens is 270 g/mol. The van der Waals surface area contributed by atoms with E-state index in [4.69, 9.17) is 0 Å². The van der Waals surface area contributed by atoms with Gasteiger partial charge in [-0.3, -0.25) is 4.98 Å². The minimum Gasteiger partial charge on any atom is -0.310 e. The van der Waals surface area contributed by atoms with Crippen molar-refractivity contribution >= 4 is 0 Å². The summed E-state index contributed by atoms with van der Waals surface area (Å²) in [5.41, 5.74) is 2.28. The maximum absolute atomic E-state index is 13.9. The first-order chi connectivity index (χ1) is 10.2. The SMILES string of the molecule is CCNC(Cc1c(F)cccc1F)c1ccncc1CC. The highest BCUT2D eigenvalue weighted by Gasteiger charge is 2.18. The summed E-state index contributed by atoms with van der Waals surface area (Å²) in [6, 6.07) is 5.79. The molecule has 2 nitrogen and oxygen atoms in total. The lowest BCUT2D eigenvalue weighted by Gasteiger charge is -2.21. The van der Waals surface area contributed by atoms with Gasteiger partial charge in [-0.05, 0) is 48.7 Å². The Morgan fingerprint density at radius 2 is 1.86 bits per heavy atom. The lowest BCUT2D eigenvalue weighted by molar-refractivity contribution is 0.497. The van der Waals surface area contributed by atoms with Crippen molar-refractivity contribution in [3.05, 3.63) is 65.0 Å². The fourth-order valence-corrected chi connectivity index (χ4v) is 2.54. The number of pyridine rings is 1. The number of nitrogens with one attached hydrogen (secondary N) is 1. The molecule has 2 rings (SSSR count). The summed E-state index contributed by atoms with van der Waals surface area (Å²) in [6.07, 6.45) is 4.65. The molecule has 0 saturated carbocycles. The quantitative estimate of drug-likeness (QED) is 0.875. The number of likely N-dealkylation sites (N-methyl/N-ethyl adjacent to an activating group) is 1. The third kappa shape index (κ3) is 3.64. The molecular formula is C17H20F2N2. The van der Waals surface area contributed by atoms with E-state index in [0.29, 0.717) is 0 Å². The van der Waals surface area contributed by atoms with Crippen LogP contribution in [0.2, 0.25) is 0 Å². The molecule has 1 heterocycles. The third-order valence-corrected chi connectivity index (χ3v) is 3.62. The van der Waals surface area contributed by atoms with E-state index >= 15 is 0 Å². The van der Waals surface area contributed by atoms with E-state index in [1.165, 1.54) is 18.2 Å². The first-order valence-electron chi connectivity index (χ1n) is 7.26. The van der Waals surface area contributed by atoms with Gasteiger partial charge in [0, 0.05) is 24.0 Å². The van der Waals surface area contributed by atoms with Crippen molar-refractivity contribution in [1.29, 1.82) is 0 Å². The fraction of sp³-hybridized carbons (Fsp3) is 0.353. The molecule has 4 heteroatoms. The summed E-state index contributed by atoms with van der Waals surface area (Å²) < 4.78 is 27.7. The largest absolute Gasteiger partial charge is 0.310 e. The van der Waals surface area contributed by atoms with Crippen molar-refractivity contribution in [2.45, 2.75) is 32.7 Å². The molecule has 2 aromatic rings. The number of hydrogen-bond acceptors (Lipinski definition) is 2. The van der Waals surface area contributed by atoms with Crippen molar-refractivity contribution in [2.24, 2.45) is 0 Å². The molecule has 0 bridgehead atoms. The average molecular weight is 290 g/mol. The predicted molar refractivity (Wildman–Crippen MR) is 80.1 cm³/mol. The molecule has 112 valence electrons. The summed E-state index contributed by atoms with van der Waals surface area (Å²) in [6.45, 7) is 4.76. The van der Waals surface area contributed by atoms with Crippen LogP contribution in [-0.2, 0) is 12.8 Å². The number of benzene rings is 1. The molecule has 0 fully saturated rings. The third-order valence-electron chi connectivity index (χ3n) is 3.62. The number of aryl methyl sites for hydroxylation is 1. The summed E-state index contributed by atoms with van der Waals surface area (Å²) in [5.74, 6) is -0.991. The van der Waals surface area contributed by atoms with E-state index in [1.54, 1.807) is 6.20 Å². The summed E-state index contributed by atoms with van der Waals surface area (Å²) in [4.78, 5) is 4.12. The number of nitrogens with zero attached hydrogens (tertiary/aromatic N) is 1. The average Bonchev–Trinajstić information content (AvgIpc) is 2.50. The molecule has 1 atom stereocenters. The smallest absolute Gasteiger partial charge is 0.129 e. The van der Waals surface area contributed by atoms with Crippen LogP contribution in [0.5, 0.6) is 0 Å². The standard InChI is InChI=1S/C17H20F2N2/c1-3-12-11-20-9-8-13(12)17(21-4-2)10-14-15(18)6-5-7-16(14)19/h5-9,11,17,21H,3-4,10H2,1-2H3. The minimum atomic E-state index is -0.495. The number of rotatable bonds is 6. The highest BCUT2D eigenvalue weighted by molar-refractivity contribution is 5.30. The Morgan fingerprint density at radius 3 is 2.48 bits per heavy atom. The summed E-state index contributed by atoms with van der Waals surface area (Å²) in [7, 11) is 0. The second-order valence-corrected chi connectivity index (χ2v) is 4.94. The number of aromatic nitrogens is 1. The van der Waals surface area contributed by atoms with E-state index in [2.05, 4.69) is 10.3 Å². The molecule has 0 spiro atoms. The van der Waals surface area contributed by atoms with E-state index in [-0.39, 0.29) is 18.0 Å². The van der Waals surface area contributed by atoms with Crippen LogP contribution in [-0.4, -0.2) is 11.5 Å². The molecule has 1 aromatic heterocycles. The zero-order chi connectivity index (χ0) is 15.2. The lowest BCUT2D eigenvalue weighted by Crippen LogP contribution is -2.25. The van der Waals surface area contributed by atoms with Crippen LogP contribution in [0.15, 0.2) is 36.7 Å². The molecule has 0 saturated heterocycles. The molecule has 0 aliphatic carbocycles. The van der Waals surface area contributed by atoms with Crippen LogP contribution in [0.25, 0.3) is 0 Å². The second-order valence-electron chi connectivity index (χ2n) is 4.94. The van der Waals surface area contributed by atoms with Gasteiger partial charge in [0.1, 0.15) is 11.6 Å². The van der Waals surface area contributed by atoms with Crippen LogP contribution >= 0.6 is 0 Å². The van der Waals surface area contributed by atoms with Gasteiger partial charge in [0.25, 0.3) is 0 Å². The number of halogens is 2. The van der Waals surface area contributed by atoms with Crippen molar-refractivity contribution < 1.29 is 8.78 Å². The van der Waals surface area contributed by atoms with Crippen molar-refractivity contribution in [2.75, 3.05) is 6.54 Å². The Hall–Kier alpha value is -1.81. The van der Waals surface area contributed by atoms with E-state index in [1.807, 2.05) is 26.1 Å². The fourth-order valence-electron chi connectivity index (χ4n) is 2.54. The molecule has 1 aromatic carbocycles. The van der Waals surface area contributed by atoms with Crippen molar-refractivity contribution in [1.82, 2.24) is 10.3 Å². The normalized spacial score (nSPS) is 12.4. The van der Waals surface area contributed by atoms with Crippen molar-refractivity contribution in [3.8, 4) is 0 Å². The van der Waals surface area contributed by atoms with Crippen LogP contribution in [0, 0.1) is 11.6 Å². The monoisotopic (exact) mass is 290 g/mol. The van der Waals surface area contributed by atoms with Crippen LogP contribution < -0.4 is 5.32 Å². The van der Waals surface area contributed by atoms with Gasteiger partial charge < -0.3 is 5.32 Å². The van der Waals surface area contributed by atoms with Gasteiger partial charge in [0.2, 0.25) is 0 Å². The Morgan fingerprint density at radius 1 is 1.14 bits per heavy atom. The molecule has 0 aliphatic rings. The van der Waals surface area contributed by atoms with Gasteiger partial charge in [-0.25, -0.2) is 8.78 Å². The van der Waals surface area contributed by atoms with Gasteiger partial charge >= 0.3 is 0 Å². The van der Waals surface area contributed by atoms with Crippen molar-refractivity contribution in [3.63, 3.8) is 0 Å². The first kappa shape index (κ1) is 15.6. The van der Waals surface area contributed by atoms with E-state index < -0.39 is 11.6 Å². The van der Waals surface area contributed by atoms with Gasteiger partial charge in [0.15, 0.2) is 0 Å². The Bertz CT molecular complexity index is 579. The minimum absolute atomic E-state index is 0.126. The summed E-state index contributed by atoms with van der Waals surface area (Å²) >= 11 is 0. The van der Waals surface area contributed by atoms with Gasteiger partial charge in [-0.15, -0.1) is 0 Å². The van der Waals surface area contributed by atoms with E-state index in [9.17, 15) is 8.78 Å². The molecule has 1 unspecified atom stereocenters. The first-order valence-corrected chi connectivity index (χ1v) is 7.26. The van der Waals surface area contributed by atoms with Crippen LogP contribution in [0.1, 0.15) is 36.6 Å². The highest BCUT2D eigenvalue weighted by Crippen LogP contribution is 2.24. The summed E-state index contributed by atoms with van der Waals surface area (Å²) in [5, 5.41) is 3.32. The number of hydrogen-bond donors (Lipinski definition) is 1. The Labute approximate surface area is 124 Å². The van der Waals surface area contributed by atoms with Gasteiger partial charge in [-0.2, -0.15) is 0 Å².